The molecule has 0 aliphatic carbocycles. The lowest BCUT2D eigenvalue weighted by Crippen LogP contribution is -2.55. The van der Waals surface area contributed by atoms with Gasteiger partial charge in [0.25, 0.3) is 0 Å². The number of carbonyl (C=O) groups excluding carboxylic acids is 5. The van der Waals surface area contributed by atoms with Gasteiger partial charge in [-0.05, 0) is 62.0 Å². The molecule has 3 unspecified atom stereocenters. The minimum atomic E-state index is -2.27. The number of hydrogen-bond donors (Lipinski definition) is 3. The van der Waals surface area contributed by atoms with Crippen LogP contribution in [0.5, 0.6) is 0 Å². The summed E-state index contributed by atoms with van der Waals surface area (Å²) in [5.74, 6) is -2.33. The molecule has 2 N–H and O–H groups in total. The molecule has 344 valence electrons. The second-order valence-corrected chi connectivity index (χ2v) is 22.0. The first kappa shape index (κ1) is 52.9. The van der Waals surface area contributed by atoms with E-state index >= 15 is 0 Å². The van der Waals surface area contributed by atoms with Crippen LogP contribution in [0.4, 0.5) is 0 Å². The van der Waals surface area contributed by atoms with Crippen LogP contribution in [0.1, 0.15) is 112 Å². The van der Waals surface area contributed by atoms with E-state index in [2.05, 4.69) is 5.32 Å². The summed E-state index contributed by atoms with van der Waals surface area (Å²) in [6.07, 6.45) is 3.96. The molecule has 1 saturated heterocycles. The van der Waals surface area contributed by atoms with Crippen molar-refractivity contribution in [2.45, 2.75) is 143 Å². The highest BCUT2D eigenvalue weighted by Crippen LogP contribution is 2.31. The standard InChI is InChI=1S/C46H80N4O9S/c1-15-31(6)42(49(10)46(56)35(29(2)3)27-37(51)41(30(4)5)48(9)39(52)24-20-26-60(13,14)57)38(58-11)28-40(53)50-25-19-23-36(50)44(59-12)32(7)45(55)47-33(8)43(54)34-21-17-16-18-22-34/h16-18,21-22,29-33,35-36,38,41-44,54,60H,15,19-20,23-28H2,1-14H3,(H,47,55)/t31-,32+,33+,35?,36?,38+,41?,42-,43+,44+/m1/s1. The quantitative estimate of drug-likeness (QED) is 0.116. The first-order valence-electron chi connectivity index (χ1n) is 22.0. The number of methoxy groups -OCH3 is 2. The lowest BCUT2D eigenvalue weighted by atomic mass is 9.83. The zero-order chi connectivity index (χ0) is 45.6. The topological polar surface area (TPSA) is 163 Å². The summed E-state index contributed by atoms with van der Waals surface area (Å²) < 4.78 is 24.2. The molecule has 1 aliphatic heterocycles. The molecule has 1 aromatic carbocycles. The van der Waals surface area contributed by atoms with Crippen LogP contribution in [-0.4, -0.2) is 143 Å². The van der Waals surface area contributed by atoms with Crippen LogP contribution >= 0.6 is 0 Å². The number of aliphatic hydroxyl groups is 1. The molecule has 0 aromatic heterocycles. The number of hydrogen-bond acceptors (Lipinski definition) is 9. The van der Waals surface area contributed by atoms with Crippen molar-refractivity contribution in [1.82, 2.24) is 20.0 Å². The average Bonchev–Trinajstić information content (AvgIpc) is 3.68. The number of Topliss-reactive ketones (excluding diaryl/α,β-unsaturated/α-hetero) is 1. The van der Waals surface area contributed by atoms with Crippen LogP contribution in [-0.2, 0) is 43.4 Å². The van der Waals surface area contributed by atoms with E-state index < -0.39 is 58.2 Å². The van der Waals surface area contributed by atoms with Crippen molar-refractivity contribution in [3.63, 3.8) is 0 Å². The van der Waals surface area contributed by atoms with Gasteiger partial charge in [-0.25, -0.2) is 0 Å². The van der Waals surface area contributed by atoms with E-state index in [0.29, 0.717) is 37.1 Å². The number of likely N-dealkylation sites (tertiary alicyclic amines) is 1. The van der Waals surface area contributed by atoms with Gasteiger partial charge in [-0.3, -0.25) is 28.2 Å². The van der Waals surface area contributed by atoms with Crippen molar-refractivity contribution >= 4 is 39.3 Å². The molecule has 14 heteroatoms. The molecule has 1 aromatic rings. The third kappa shape index (κ3) is 14.7. The number of thiol groups is 1. The summed E-state index contributed by atoms with van der Waals surface area (Å²) in [5, 5.41) is 13.8. The number of aliphatic hydroxyl groups excluding tert-OH is 1. The third-order valence-corrected chi connectivity index (χ3v) is 14.0. The van der Waals surface area contributed by atoms with Crippen LogP contribution in [0, 0.1) is 29.6 Å². The van der Waals surface area contributed by atoms with Crippen LogP contribution in [0.3, 0.4) is 0 Å². The predicted octanol–water partition coefficient (Wildman–Crippen LogP) is 4.92. The number of carbonyl (C=O) groups is 5. The Morgan fingerprint density at radius 3 is 2.05 bits per heavy atom. The number of nitrogens with one attached hydrogen (secondary N) is 1. The van der Waals surface area contributed by atoms with E-state index in [1.54, 1.807) is 64.5 Å². The van der Waals surface area contributed by atoms with Gasteiger partial charge in [0.05, 0.1) is 54.8 Å². The molecule has 1 heterocycles. The molecule has 1 aliphatic rings. The number of benzene rings is 1. The number of amides is 4. The van der Waals surface area contributed by atoms with Crippen molar-refractivity contribution in [2.24, 2.45) is 29.6 Å². The first-order chi connectivity index (χ1) is 28.0. The number of ether oxygens (including phenoxy) is 2. The van der Waals surface area contributed by atoms with Crippen LogP contribution < -0.4 is 5.32 Å². The Bertz CT molecular complexity index is 1590. The number of nitrogens with zero attached hydrogens (tertiary/aromatic N) is 3. The smallest absolute Gasteiger partial charge is 0.226 e. The molecule has 0 saturated carbocycles. The van der Waals surface area contributed by atoms with Crippen molar-refractivity contribution < 1.29 is 42.8 Å². The Labute approximate surface area is 362 Å². The van der Waals surface area contributed by atoms with Crippen LogP contribution in [0.2, 0.25) is 0 Å². The number of rotatable bonds is 25. The van der Waals surface area contributed by atoms with Gasteiger partial charge in [0.2, 0.25) is 23.6 Å². The predicted molar refractivity (Wildman–Crippen MR) is 240 cm³/mol. The second kappa shape index (κ2) is 24.4. The normalized spacial score (nSPS) is 19.4. The Morgan fingerprint density at radius 1 is 0.917 bits per heavy atom. The van der Waals surface area contributed by atoms with Crippen molar-refractivity contribution in [2.75, 3.05) is 53.1 Å². The van der Waals surface area contributed by atoms with Gasteiger partial charge in [-0.1, -0.05) is 85.2 Å². The van der Waals surface area contributed by atoms with E-state index in [1.165, 1.54) is 4.90 Å². The Kier molecular flexibility index (Phi) is 21.6. The number of ketones is 1. The van der Waals surface area contributed by atoms with E-state index in [9.17, 15) is 33.3 Å². The highest BCUT2D eigenvalue weighted by atomic mass is 32.2. The SMILES string of the molecule is CC[C@@H](C)[C@H]([C@H](CC(=O)N1CCCC1[C@@H](OC)[C@H](C)C(=O)N[C@@H](C)[C@H](O)c1ccccc1)OC)N(C)C(=O)C(CC(=O)C(C(C)C)N(C)C(=O)CCC[SH](C)(C)=O)C(C)C. The molecule has 4 amide bonds. The maximum atomic E-state index is 14.5. The first-order valence-corrected chi connectivity index (χ1v) is 24.8. The van der Waals surface area contributed by atoms with Crippen LogP contribution in [0.25, 0.3) is 0 Å². The lowest BCUT2D eigenvalue weighted by Gasteiger charge is -2.41. The van der Waals surface area contributed by atoms with Crippen molar-refractivity contribution in [1.29, 1.82) is 0 Å². The fraction of sp³-hybridized carbons (Fsp3) is 0.761. The molecule has 1 fully saturated rings. The van der Waals surface area contributed by atoms with Gasteiger partial charge in [0.15, 0.2) is 5.78 Å². The fourth-order valence-electron chi connectivity index (χ4n) is 8.86. The van der Waals surface area contributed by atoms with Gasteiger partial charge in [-0.2, -0.15) is 0 Å². The highest BCUT2D eigenvalue weighted by Gasteiger charge is 2.43. The van der Waals surface area contributed by atoms with Crippen molar-refractivity contribution in [3.8, 4) is 0 Å². The molecular formula is C46H80N4O9S. The molecule has 13 nitrogen and oxygen atoms in total. The summed E-state index contributed by atoms with van der Waals surface area (Å²) in [4.78, 5) is 74.6. The van der Waals surface area contributed by atoms with E-state index in [0.717, 1.165) is 6.42 Å². The largest absolute Gasteiger partial charge is 0.386 e. The molecule has 0 radical (unpaired) electrons. The minimum absolute atomic E-state index is 0.00391. The molecule has 0 bridgehead atoms. The van der Waals surface area contributed by atoms with Gasteiger partial charge in [0.1, 0.15) is 0 Å². The third-order valence-electron chi connectivity index (χ3n) is 12.6. The maximum Gasteiger partial charge on any atom is 0.226 e. The minimum Gasteiger partial charge on any atom is -0.386 e. The maximum absolute atomic E-state index is 14.5. The van der Waals surface area contributed by atoms with Gasteiger partial charge < -0.3 is 34.6 Å². The van der Waals surface area contributed by atoms with Gasteiger partial charge in [-0.15, -0.1) is 9.93 Å². The fourth-order valence-corrected chi connectivity index (χ4v) is 9.78. The Hall–Kier alpha value is -3.20. The van der Waals surface area contributed by atoms with Crippen molar-refractivity contribution in [3.05, 3.63) is 35.9 Å². The van der Waals surface area contributed by atoms with E-state index in [4.69, 9.17) is 9.47 Å². The number of likely N-dealkylation sites (N-methyl/N-ethyl adjacent to an activating group) is 2. The highest BCUT2D eigenvalue weighted by molar-refractivity contribution is 8.01. The average molecular weight is 865 g/mol. The summed E-state index contributed by atoms with van der Waals surface area (Å²) in [5.41, 5.74) is 0.698. The monoisotopic (exact) mass is 865 g/mol. The summed E-state index contributed by atoms with van der Waals surface area (Å²) >= 11 is 0. The second-order valence-electron chi connectivity index (χ2n) is 18.4. The molecule has 60 heavy (non-hydrogen) atoms. The van der Waals surface area contributed by atoms with E-state index in [-0.39, 0.29) is 72.5 Å². The lowest BCUT2D eigenvalue weighted by molar-refractivity contribution is -0.149. The molecule has 10 atom stereocenters. The molecular weight excluding hydrogens is 785 g/mol. The molecule has 2 rings (SSSR count). The van der Waals surface area contributed by atoms with Crippen LogP contribution in [0.15, 0.2) is 30.3 Å². The molecule has 0 spiro atoms. The van der Waals surface area contributed by atoms with Gasteiger partial charge in [0, 0.05) is 59.4 Å². The van der Waals surface area contributed by atoms with Gasteiger partial charge >= 0.3 is 0 Å². The zero-order valence-electron chi connectivity index (χ0n) is 39.2. The zero-order valence-corrected chi connectivity index (χ0v) is 40.1. The summed E-state index contributed by atoms with van der Waals surface area (Å²) in [6, 6.07) is 7.01. The Balaban J connectivity index is 2.26. The van der Waals surface area contributed by atoms with E-state index in [1.807, 2.05) is 71.9 Å². The summed E-state index contributed by atoms with van der Waals surface area (Å²) in [6.45, 7) is 15.7. The summed E-state index contributed by atoms with van der Waals surface area (Å²) in [7, 11) is 4.18. The Morgan fingerprint density at radius 2 is 1.53 bits per heavy atom.